The predicted octanol–water partition coefficient (Wildman–Crippen LogP) is 1.99. The van der Waals surface area contributed by atoms with Gasteiger partial charge in [0.2, 0.25) is 0 Å². The van der Waals surface area contributed by atoms with Crippen LogP contribution in [0.2, 0.25) is 0 Å². The van der Waals surface area contributed by atoms with Gasteiger partial charge in [0.15, 0.2) is 5.60 Å². The van der Waals surface area contributed by atoms with E-state index in [9.17, 15) is 14.6 Å². The summed E-state index contributed by atoms with van der Waals surface area (Å²) >= 11 is 0. The standard InChI is InChI=1S/C20H19FN2O2/c1-23(2)11-3-10-20(25,17-5-7-18(21)8-6-17)19-9-4-15(13-22)12-16(19)14-24/h4-9,12,24-25H,11,14H2,1-2H3. The van der Waals surface area contributed by atoms with Crippen molar-refractivity contribution in [2.45, 2.75) is 12.2 Å². The Morgan fingerprint density at radius 2 is 1.84 bits per heavy atom. The van der Waals surface area contributed by atoms with Crippen molar-refractivity contribution in [3.63, 3.8) is 0 Å². The first-order chi connectivity index (χ1) is 11.9. The molecular weight excluding hydrogens is 319 g/mol. The summed E-state index contributed by atoms with van der Waals surface area (Å²) in [6.45, 7) is 0.0674. The summed E-state index contributed by atoms with van der Waals surface area (Å²) in [5.74, 6) is 5.32. The summed E-state index contributed by atoms with van der Waals surface area (Å²) in [5.41, 5.74) is -0.206. The largest absolute Gasteiger partial charge is 0.392 e. The van der Waals surface area contributed by atoms with Crippen LogP contribution in [0.4, 0.5) is 4.39 Å². The van der Waals surface area contributed by atoms with E-state index in [1.165, 1.54) is 30.3 Å². The summed E-state index contributed by atoms with van der Waals surface area (Å²) < 4.78 is 13.3. The normalized spacial score (nSPS) is 12.8. The second-order valence-corrected chi connectivity index (χ2v) is 5.90. The van der Waals surface area contributed by atoms with Crippen molar-refractivity contribution in [1.29, 1.82) is 5.26 Å². The molecule has 0 heterocycles. The van der Waals surface area contributed by atoms with Gasteiger partial charge in [0.25, 0.3) is 0 Å². The fourth-order valence-electron chi connectivity index (χ4n) is 2.46. The van der Waals surface area contributed by atoms with Crippen molar-refractivity contribution >= 4 is 0 Å². The molecule has 0 amide bonds. The Bertz CT molecular complexity index is 845. The molecule has 0 aliphatic rings. The summed E-state index contributed by atoms with van der Waals surface area (Å²) in [4.78, 5) is 1.85. The molecule has 1 atom stereocenters. The maximum absolute atomic E-state index is 13.3. The summed E-state index contributed by atoms with van der Waals surface area (Å²) in [6.07, 6.45) is 0. The van der Waals surface area contributed by atoms with E-state index in [2.05, 4.69) is 11.8 Å². The minimum atomic E-state index is -1.73. The van der Waals surface area contributed by atoms with Gasteiger partial charge in [-0.25, -0.2) is 4.39 Å². The molecule has 2 aromatic rings. The molecule has 0 aliphatic carbocycles. The van der Waals surface area contributed by atoms with Gasteiger partial charge in [-0.3, -0.25) is 4.90 Å². The lowest BCUT2D eigenvalue weighted by Gasteiger charge is -2.26. The molecule has 0 spiro atoms. The Morgan fingerprint density at radius 1 is 1.16 bits per heavy atom. The van der Waals surface area contributed by atoms with E-state index >= 15 is 0 Å². The van der Waals surface area contributed by atoms with Gasteiger partial charge in [0, 0.05) is 11.1 Å². The van der Waals surface area contributed by atoms with E-state index in [-0.39, 0.29) is 6.61 Å². The van der Waals surface area contributed by atoms with Gasteiger partial charge in [-0.15, -0.1) is 0 Å². The highest BCUT2D eigenvalue weighted by atomic mass is 19.1. The minimum Gasteiger partial charge on any atom is -0.392 e. The molecule has 2 aromatic carbocycles. The van der Waals surface area contributed by atoms with Crippen LogP contribution in [-0.4, -0.2) is 35.8 Å². The lowest BCUT2D eigenvalue weighted by Crippen LogP contribution is -2.27. The number of benzene rings is 2. The lowest BCUT2D eigenvalue weighted by molar-refractivity contribution is 0.141. The maximum Gasteiger partial charge on any atom is 0.177 e. The number of hydrogen-bond acceptors (Lipinski definition) is 4. The second-order valence-electron chi connectivity index (χ2n) is 5.90. The van der Waals surface area contributed by atoms with Crippen molar-refractivity contribution in [2.24, 2.45) is 0 Å². The topological polar surface area (TPSA) is 67.5 Å². The van der Waals surface area contributed by atoms with Gasteiger partial charge in [-0.1, -0.05) is 30.0 Å². The highest BCUT2D eigenvalue weighted by molar-refractivity contribution is 5.50. The van der Waals surface area contributed by atoms with Crippen LogP contribution < -0.4 is 0 Å². The zero-order valence-corrected chi connectivity index (χ0v) is 14.1. The quantitative estimate of drug-likeness (QED) is 0.837. The third-order valence-corrected chi connectivity index (χ3v) is 3.72. The predicted molar refractivity (Wildman–Crippen MR) is 92.8 cm³/mol. The molecule has 0 fully saturated rings. The first-order valence-corrected chi connectivity index (χ1v) is 7.68. The Balaban J connectivity index is 2.64. The first kappa shape index (κ1) is 18.6. The third kappa shape index (κ3) is 4.23. The Morgan fingerprint density at radius 3 is 2.40 bits per heavy atom. The van der Waals surface area contributed by atoms with E-state index in [1.807, 2.05) is 25.1 Å². The van der Waals surface area contributed by atoms with Crippen LogP contribution in [0, 0.1) is 29.0 Å². The number of nitriles is 1. The van der Waals surface area contributed by atoms with E-state index in [0.29, 0.717) is 28.8 Å². The number of nitrogens with zero attached hydrogens (tertiary/aromatic N) is 2. The number of hydrogen-bond donors (Lipinski definition) is 2. The van der Waals surface area contributed by atoms with E-state index in [0.717, 1.165) is 0 Å². The number of aliphatic hydroxyl groups excluding tert-OH is 1. The zero-order valence-electron chi connectivity index (χ0n) is 14.1. The Kier molecular flexibility index (Phi) is 5.90. The Hall–Kier alpha value is -2.70. The molecule has 0 saturated heterocycles. The molecule has 5 heteroatoms. The average Bonchev–Trinajstić information content (AvgIpc) is 2.61. The molecule has 4 nitrogen and oxygen atoms in total. The van der Waals surface area contributed by atoms with E-state index in [4.69, 9.17) is 5.26 Å². The molecular formula is C20H19FN2O2. The van der Waals surface area contributed by atoms with Crippen LogP contribution in [0.1, 0.15) is 22.3 Å². The van der Waals surface area contributed by atoms with Crippen molar-refractivity contribution in [3.8, 4) is 17.9 Å². The van der Waals surface area contributed by atoms with Crippen LogP contribution in [0.25, 0.3) is 0 Å². The summed E-state index contributed by atoms with van der Waals surface area (Å²) in [6, 6.07) is 12.0. The molecule has 0 aliphatic heterocycles. The summed E-state index contributed by atoms with van der Waals surface area (Å²) in [7, 11) is 3.71. The third-order valence-electron chi connectivity index (χ3n) is 3.72. The van der Waals surface area contributed by atoms with Crippen molar-refractivity contribution < 1.29 is 14.6 Å². The number of rotatable bonds is 4. The molecule has 0 saturated carbocycles. The number of halogens is 1. The van der Waals surface area contributed by atoms with Crippen molar-refractivity contribution in [1.82, 2.24) is 4.90 Å². The fraction of sp³-hybridized carbons (Fsp3) is 0.250. The van der Waals surface area contributed by atoms with Crippen LogP contribution >= 0.6 is 0 Å². The highest BCUT2D eigenvalue weighted by Gasteiger charge is 2.32. The van der Waals surface area contributed by atoms with E-state index in [1.54, 1.807) is 12.1 Å². The van der Waals surface area contributed by atoms with Gasteiger partial charge >= 0.3 is 0 Å². The zero-order chi connectivity index (χ0) is 18.4. The van der Waals surface area contributed by atoms with Gasteiger partial charge in [0.05, 0.1) is 24.8 Å². The Labute approximate surface area is 146 Å². The minimum absolute atomic E-state index is 0.357. The summed E-state index contributed by atoms with van der Waals surface area (Å²) in [5, 5.41) is 30.0. The van der Waals surface area contributed by atoms with Crippen molar-refractivity contribution in [3.05, 3.63) is 70.5 Å². The van der Waals surface area contributed by atoms with Crippen LogP contribution in [0.3, 0.4) is 0 Å². The van der Waals surface area contributed by atoms with Crippen LogP contribution in [0.5, 0.6) is 0 Å². The van der Waals surface area contributed by atoms with Crippen LogP contribution in [0.15, 0.2) is 42.5 Å². The lowest BCUT2D eigenvalue weighted by atomic mass is 9.83. The van der Waals surface area contributed by atoms with Crippen LogP contribution in [-0.2, 0) is 12.2 Å². The second kappa shape index (κ2) is 7.92. The van der Waals surface area contributed by atoms with E-state index < -0.39 is 11.4 Å². The molecule has 1 unspecified atom stereocenters. The van der Waals surface area contributed by atoms with Gasteiger partial charge in [0.1, 0.15) is 5.82 Å². The first-order valence-electron chi connectivity index (χ1n) is 7.68. The average molecular weight is 338 g/mol. The smallest absolute Gasteiger partial charge is 0.177 e. The molecule has 25 heavy (non-hydrogen) atoms. The van der Waals surface area contributed by atoms with Gasteiger partial charge in [-0.05, 0) is 43.9 Å². The number of aliphatic hydroxyl groups is 2. The van der Waals surface area contributed by atoms with Crippen molar-refractivity contribution in [2.75, 3.05) is 20.6 Å². The molecule has 128 valence electrons. The maximum atomic E-state index is 13.3. The monoisotopic (exact) mass is 338 g/mol. The SMILES string of the molecule is CN(C)CC#CC(O)(c1ccc(F)cc1)c1ccc(C#N)cc1CO. The van der Waals surface area contributed by atoms with Gasteiger partial charge in [-0.2, -0.15) is 5.26 Å². The molecule has 0 radical (unpaired) electrons. The fourth-order valence-corrected chi connectivity index (χ4v) is 2.46. The molecule has 2 N–H and O–H groups in total. The molecule has 0 bridgehead atoms. The molecule has 0 aromatic heterocycles. The van der Waals surface area contributed by atoms with Gasteiger partial charge < -0.3 is 10.2 Å². The highest BCUT2D eigenvalue weighted by Crippen LogP contribution is 2.32. The molecule has 2 rings (SSSR count).